The molecule has 0 radical (unpaired) electrons. The Bertz CT molecular complexity index is 1040. The molecule has 1 aromatic carbocycles. The number of anilines is 1. The molecule has 2 heterocycles. The molecule has 0 saturated carbocycles. The Morgan fingerprint density at radius 3 is 2.55 bits per heavy atom. The van der Waals surface area contributed by atoms with Crippen molar-refractivity contribution in [2.45, 2.75) is 51.7 Å². The van der Waals surface area contributed by atoms with E-state index in [0.717, 1.165) is 5.56 Å². The second kappa shape index (κ2) is 7.36. The van der Waals surface area contributed by atoms with E-state index in [0.29, 0.717) is 22.2 Å². The molecule has 1 aromatic heterocycles. The number of benzene rings is 1. The molecule has 0 aliphatic carbocycles. The number of aromatic nitrogens is 2. The standard InChI is InChI=1S/C20H26F2N4O2S/c1-12-9-14(13(2)24-29(28)19(3,4)5)16-15(10-12)17(27)25(6)18(23-16)26-8-7-20(21,22)11-26/h9-10H,7-8,11H2,1-6H3/t29-/m1/s1. The Kier molecular flexibility index (Phi) is 5.51. The van der Waals surface area contributed by atoms with Crippen LogP contribution in [0.4, 0.5) is 14.7 Å². The number of hydrogen-bond donors (Lipinski definition) is 0. The van der Waals surface area contributed by atoms with E-state index in [1.807, 2.05) is 33.8 Å². The van der Waals surface area contributed by atoms with E-state index >= 15 is 0 Å². The molecule has 1 aliphatic heterocycles. The molecule has 1 atom stereocenters. The summed E-state index contributed by atoms with van der Waals surface area (Å²) in [6.45, 7) is 8.71. The zero-order valence-corrected chi connectivity index (χ0v) is 18.4. The van der Waals surface area contributed by atoms with Gasteiger partial charge in [0.05, 0.1) is 23.2 Å². The minimum absolute atomic E-state index is 0.126. The monoisotopic (exact) mass is 424 g/mol. The second-order valence-corrected chi connectivity index (χ2v) is 10.5. The highest BCUT2D eigenvalue weighted by molar-refractivity contribution is 7.91. The minimum atomic E-state index is -2.80. The van der Waals surface area contributed by atoms with Crippen molar-refractivity contribution in [3.8, 4) is 0 Å². The molecular formula is C20H26F2N4O2S. The average molecular weight is 425 g/mol. The van der Waals surface area contributed by atoms with Gasteiger partial charge in [-0.25, -0.2) is 13.8 Å². The predicted molar refractivity (Wildman–Crippen MR) is 114 cm³/mol. The Morgan fingerprint density at radius 1 is 1.34 bits per heavy atom. The summed E-state index contributed by atoms with van der Waals surface area (Å²) >= 11 is -1.48. The summed E-state index contributed by atoms with van der Waals surface area (Å²) < 4.78 is 45.0. The molecule has 9 heteroatoms. The summed E-state index contributed by atoms with van der Waals surface area (Å²) in [6, 6.07) is 3.56. The molecule has 0 amide bonds. The Balaban J connectivity index is 2.21. The van der Waals surface area contributed by atoms with Crippen molar-refractivity contribution in [1.29, 1.82) is 0 Å². The van der Waals surface area contributed by atoms with E-state index in [4.69, 9.17) is 0 Å². The maximum Gasteiger partial charge on any atom is 0.267 e. The highest BCUT2D eigenvalue weighted by atomic mass is 32.2. The van der Waals surface area contributed by atoms with Crippen LogP contribution >= 0.6 is 0 Å². The Morgan fingerprint density at radius 2 is 2.00 bits per heavy atom. The number of aryl methyl sites for hydroxylation is 1. The molecular weight excluding hydrogens is 398 g/mol. The van der Waals surface area contributed by atoms with Crippen LogP contribution < -0.4 is 10.5 Å². The van der Waals surface area contributed by atoms with Crippen LogP contribution in [-0.2, 0) is 18.4 Å². The molecule has 1 saturated heterocycles. The maximum atomic E-state index is 13.7. The molecule has 0 N–H and O–H groups in total. The third-order valence-corrected chi connectivity index (χ3v) is 6.37. The van der Waals surface area contributed by atoms with Gasteiger partial charge in [0.2, 0.25) is 5.95 Å². The van der Waals surface area contributed by atoms with Crippen molar-refractivity contribution in [1.82, 2.24) is 9.55 Å². The lowest BCUT2D eigenvalue weighted by atomic mass is 10.0. The lowest BCUT2D eigenvalue weighted by molar-refractivity contribution is 0.0256. The summed E-state index contributed by atoms with van der Waals surface area (Å²) in [4.78, 5) is 19.0. The largest absolute Gasteiger partial charge is 0.591 e. The van der Waals surface area contributed by atoms with E-state index in [9.17, 15) is 18.1 Å². The summed E-state index contributed by atoms with van der Waals surface area (Å²) in [5, 5.41) is 0.383. The molecule has 0 bridgehead atoms. The van der Waals surface area contributed by atoms with Gasteiger partial charge in [-0.3, -0.25) is 9.36 Å². The second-order valence-electron chi connectivity index (χ2n) is 8.55. The molecule has 1 aliphatic rings. The van der Waals surface area contributed by atoms with Gasteiger partial charge < -0.3 is 9.45 Å². The Labute approximate surface area is 172 Å². The molecule has 29 heavy (non-hydrogen) atoms. The maximum absolute atomic E-state index is 13.7. The summed E-state index contributed by atoms with van der Waals surface area (Å²) in [7, 11) is 1.54. The lowest BCUT2D eigenvalue weighted by Crippen LogP contribution is -2.32. The molecule has 1 fully saturated rings. The first-order chi connectivity index (χ1) is 13.3. The lowest BCUT2D eigenvalue weighted by Gasteiger charge is -2.21. The number of rotatable bonds is 3. The van der Waals surface area contributed by atoms with Gasteiger partial charge in [0, 0.05) is 25.6 Å². The van der Waals surface area contributed by atoms with Gasteiger partial charge >= 0.3 is 0 Å². The first-order valence-electron chi connectivity index (χ1n) is 9.42. The fourth-order valence-corrected chi connectivity index (χ4v) is 3.91. The Hall–Kier alpha value is -2.00. The van der Waals surface area contributed by atoms with E-state index in [-0.39, 0.29) is 24.5 Å². The zero-order chi connectivity index (χ0) is 21.7. The van der Waals surface area contributed by atoms with Gasteiger partial charge in [-0.05, 0) is 52.3 Å². The molecule has 6 nitrogen and oxygen atoms in total. The highest BCUT2D eigenvalue weighted by Gasteiger charge is 2.39. The smallest absolute Gasteiger partial charge is 0.267 e. The van der Waals surface area contributed by atoms with E-state index in [1.165, 1.54) is 16.5 Å². The zero-order valence-electron chi connectivity index (χ0n) is 17.5. The third kappa shape index (κ3) is 4.30. The summed E-state index contributed by atoms with van der Waals surface area (Å²) in [5.74, 6) is -2.60. The van der Waals surface area contributed by atoms with Crippen LogP contribution in [0.3, 0.4) is 0 Å². The van der Waals surface area contributed by atoms with E-state index < -0.39 is 28.6 Å². The van der Waals surface area contributed by atoms with Gasteiger partial charge in [-0.15, -0.1) is 0 Å². The van der Waals surface area contributed by atoms with Crippen LogP contribution in [0.2, 0.25) is 0 Å². The average Bonchev–Trinajstić information content (AvgIpc) is 2.96. The number of fused-ring (bicyclic) bond motifs is 1. The van der Waals surface area contributed by atoms with Crippen LogP contribution in [0.15, 0.2) is 21.3 Å². The number of halogens is 2. The number of nitrogens with zero attached hydrogens (tertiary/aromatic N) is 4. The SMILES string of the molecule is CC(=N[S@+]([O-])C(C)(C)C)c1cc(C)cc2c(=O)n(C)c(N3CCC(F)(F)C3)nc12. The third-order valence-electron chi connectivity index (χ3n) is 4.89. The first kappa shape index (κ1) is 21.7. The van der Waals surface area contributed by atoms with Crippen molar-refractivity contribution < 1.29 is 13.3 Å². The molecule has 158 valence electrons. The van der Waals surface area contributed by atoms with Gasteiger partial charge in [0.15, 0.2) is 0 Å². The normalized spacial score (nSPS) is 18.5. The van der Waals surface area contributed by atoms with Crippen molar-refractivity contribution in [2.24, 2.45) is 11.4 Å². The van der Waals surface area contributed by atoms with Crippen molar-refractivity contribution in [3.63, 3.8) is 0 Å². The number of hydrogen-bond acceptors (Lipinski definition) is 5. The van der Waals surface area contributed by atoms with Crippen LogP contribution in [0.1, 0.15) is 45.2 Å². The van der Waals surface area contributed by atoms with Gasteiger partial charge in [0.25, 0.3) is 11.5 Å². The van der Waals surface area contributed by atoms with E-state index in [2.05, 4.69) is 9.38 Å². The molecule has 2 aromatic rings. The van der Waals surface area contributed by atoms with Crippen molar-refractivity contribution in [3.05, 3.63) is 33.6 Å². The topological polar surface area (TPSA) is 73.6 Å². The molecule has 0 spiro atoms. The fraction of sp³-hybridized carbons (Fsp3) is 0.550. The van der Waals surface area contributed by atoms with Gasteiger partial charge in [-0.2, -0.15) is 0 Å². The van der Waals surface area contributed by atoms with Crippen LogP contribution in [0.5, 0.6) is 0 Å². The number of alkyl halides is 2. The quantitative estimate of drug-likeness (QED) is 0.559. The highest BCUT2D eigenvalue weighted by Crippen LogP contribution is 2.30. The fourth-order valence-electron chi connectivity index (χ4n) is 3.28. The van der Waals surface area contributed by atoms with Gasteiger partial charge in [0.1, 0.15) is 16.1 Å². The first-order valence-corrected chi connectivity index (χ1v) is 10.5. The van der Waals surface area contributed by atoms with Crippen molar-refractivity contribution >= 4 is 33.9 Å². The molecule has 3 rings (SSSR count). The predicted octanol–water partition coefficient (Wildman–Crippen LogP) is 3.36. The van der Waals surface area contributed by atoms with Crippen LogP contribution in [0, 0.1) is 6.92 Å². The van der Waals surface area contributed by atoms with Crippen LogP contribution in [0.25, 0.3) is 10.9 Å². The van der Waals surface area contributed by atoms with E-state index in [1.54, 1.807) is 13.0 Å². The summed E-state index contributed by atoms with van der Waals surface area (Å²) in [6.07, 6.45) is -0.271. The molecule has 0 unspecified atom stereocenters. The van der Waals surface area contributed by atoms with Crippen molar-refractivity contribution in [2.75, 3.05) is 18.0 Å². The minimum Gasteiger partial charge on any atom is -0.591 e. The van der Waals surface area contributed by atoms with Crippen LogP contribution in [-0.4, -0.2) is 43.6 Å². The summed E-state index contributed by atoms with van der Waals surface area (Å²) in [5.41, 5.74) is 1.99. The van der Waals surface area contributed by atoms with Gasteiger partial charge in [-0.1, -0.05) is 4.40 Å².